The molecule has 1 amide bonds. The Morgan fingerprint density at radius 2 is 2.20 bits per heavy atom. The topological polar surface area (TPSA) is 54.0 Å². The fourth-order valence-electron chi connectivity index (χ4n) is 2.41. The lowest BCUT2D eigenvalue weighted by molar-refractivity contribution is -0.117. The van der Waals surface area contributed by atoms with E-state index in [0.29, 0.717) is 0 Å². The van der Waals surface area contributed by atoms with E-state index in [9.17, 15) is 4.79 Å². The first-order valence-electron chi connectivity index (χ1n) is 6.42. The van der Waals surface area contributed by atoms with Crippen LogP contribution in [0.4, 0.5) is 5.69 Å². The summed E-state index contributed by atoms with van der Waals surface area (Å²) in [7, 11) is 0. The Balaban J connectivity index is 1.87. The van der Waals surface area contributed by atoms with E-state index in [2.05, 4.69) is 31.5 Å². The molecule has 0 fully saturated rings. The zero-order chi connectivity index (χ0) is 14.1. The van der Waals surface area contributed by atoms with Gasteiger partial charge in [0, 0.05) is 34.2 Å². The van der Waals surface area contributed by atoms with Crippen molar-refractivity contribution in [2.45, 2.75) is 19.0 Å². The normalized spacial score (nSPS) is 18.5. The molecule has 0 spiro atoms. The molecule has 0 saturated heterocycles. The van der Waals surface area contributed by atoms with Gasteiger partial charge in [-0.15, -0.1) is 0 Å². The van der Waals surface area contributed by atoms with Crippen molar-refractivity contribution in [2.24, 2.45) is 0 Å². The Hall–Kier alpha value is -1.72. The summed E-state index contributed by atoms with van der Waals surface area (Å²) in [5.41, 5.74) is 2.88. The van der Waals surface area contributed by atoms with Crippen LogP contribution in [-0.2, 0) is 4.79 Å². The molecule has 0 radical (unpaired) electrons. The smallest absolute Gasteiger partial charge is 0.246 e. The third kappa shape index (κ3) is 2.34. The van der Waals surface area contributed by atoms with Gasteiger partial charge in [-0.25, -0.2) is 0 Å². The minimum atomic E-state index is -0.351. The third-order valence-corrected chi connectivity index (χ3v) is 4.15. The number of nitrogens with zero attached hydrogens (tertiary/aromatic N) is 1. The lowest BCUT2D eigenvalue weighted by atomic mass is 10.1. The molecule has 2 aromatic rings. The first kappa shape index (κ1) is 13.3. The van der Waals surface area contributed by atoms with Crippen LogP contribution in [0, 0.1) is 0 Å². The van der Waals surface area contributed by atoms with E-state index >= 15 is 0 Å². The second kappa shape index (κ2) is 5.34. The van der Waals surface area contributed by atoms with Gasteiger partial charge in [0.25, 0.3) is 0 Å². The van der Waals surface area contributed by atoms with Crippen molar-refractivity contribution in [2.75, 3.05) is 5.32 Å². The summed E-state index contributed by atoms with van der Waals surface area (Å²) in [6, 6.07) is 9.35. The Labute approximate surface area is 125 Å². The zero-order valence-corrected chi connectivity index (χ0v) is 12.5. The van der Waals surface area contributed by atoms with Crippen molar-refractivity contribution in [1.82, 2.24) is 10.3 Å². The van der Waals surface area contributed by atoms with Crippen molar-refractivity contribution in [3.8, 4) is 0 Å². The number of hydrogen-bond donors (Lipinski definition) is 2. The van der Waals surface area contributed by atoms with Gasteiger partial charge in [-0.1, -0.05) is 28.1 Å². The Morgan fingerprint density at radius 1 is 1.35 bits per heavy atom. The number of carbonyl (C=O) groups is 1. The maximum Gasteiger partial charge on any atom is 0.246 e. The van der Waals surface area contributed by atoms with Crippen molar-refractivity contribution in [3.05, 3.63) is 58.3 Å². The van der Waals surface area contributed by atoms with Gasteiger partial charge in [0.2, 0.25) is 5.91 Å². The number of aromatic nitrogens is 1. The molecule has 2 atom stereocenters. The van der Waals surface area contributed by atoms with Gasteiger partial charge in [0.05, 0.1) is 0 Å². The molecule has 4 nitrogen and oxygen atoms in total. The van der Waals surface area contributed by atoms with Gasteiger partial charge < -0.3 is 5.32 Å². The van der Waals surface area contributed by atoms with E-state index in [4.69, 9.17) is 0 Å². The highest BCUT2D eigenvalue weighted by Gasteiger charge is 2.33. The van der Waals surface area contributed by atoms with Gasteiger partial charge in [-0.05, 0) is 30.7 Å². The largest absolute Gasteiger partial charge is 0.324 e. The number of hydrogen-bond acceptors (Lipinski definition) is 3. The monoisotopic (exact) mass is 331 g/mol. The molecule has 5 heteroatoms. The van der Waals surface area contributed by atoms with E-state index < -0.39 is 0 Å². The number of amides is 1. The Bertz CT molecular complexity index is 645. The molecule has 0 saturated carbocycles. The molecule has 102 valence electrons. The second-order valence-electron chi connectivity index (χ2n) is 4.80. The number of fused-ring (bicyclic) bond motifs is 1. The predicted octanol–water partition coefficient (Wildman–Crippen LogP) is 3.19. The molecule has 1 aromatic carbocycles. The highest BCUT2D eigenvalue weighted by atomic mass is 79.9. The van der Waals surface area contributed by atoms with Crippen LogP contribution in [0.1, 0.15) is 30.1 Å². The van der Waals surface area contributed by atoms with Crippen molar-refractivity contribution < 1.29 is 4.79 Å². The van der Waals surface area contributed by atoms with E-state index in [-0.39, 0.29) is 18.0 Å². The van der Waals surface area contributed by atoms with Gasteiger partial charge in [-0.2, -0.15) is 0 Å². The summed E-state index contributed by atoms with van der Waals surface area (Å²) in [6.07, 6.45) is 3.55. The van der Waals surface area contributed by atoms with E-state index in [1.165, 1.54) is 0 Å². The zero-order valence-electron chi connectivity index (χ0n) is 10.9. The summed E-state index contributed by atoms with van der Waals surface area (Å²) in [5, 5.41) is 6.26. The van der Waals surface area contributed by atoms with E-state index in [0.717, 1.165) is 21.3 Å². The number of carbonyl (C=O) groups excluding carboxylic acids is 1. The summed E-state index contributed by atoms with van der Waals surface area (Å²) >= 11 is 3.52. The van der Waals surface area contributed by atoms with Gasteiger partial charge >= 0.3 is 0 Å². The van der Waals surface area contributed by atoms with Crippen LogP contribution in [0.15, 0.2) is 47.2 Å². The summed E-state index contributed by atoms with van der Waals surface area (Å²) < 4.78 is 0.934. The third-order valence-electron chi connectivity index (χ3n) is 3.46. The Kier molecular flexibility index (Phi) is 3.54. The highest BCUT2D eigenvalue weighted by Crippen LogP contribution is 2.37. The second-order valence-corrected chi connectivity index (χ2v) is 5.65. The molecule has 2 N–H and O–H groups in total. The minimum absolute atomic E-state index is 0.0253. The molecule has 0 bridgehead atoms. The average molecular weight is 332 g/mol. The van der Waals surface area contributed by atoms with E-state index in [1.54, 1.807) is 6.20 Å². The first-order chi connectivity index (χ1) is 9.66. The van der Waals surface area contributed by atoms with Crippen molar-refractivity contribution in [1.29, 1.82) is 0 Å². The van der Waals surface area contributed by atoms with E-state index in [1.807, 2.05) is 43.5 Å². The molecule has 0 aliphatic carbocycles. The van der Waals surface area contributed by atoms with Crippen LogP contribution >= 0.6 is 15.9 Å². The molecule has 2 unspecified atom stereocenters. The standard InChI is InChI=1S/C15H14BrN3O/c1-9(10-4-3-7-17-8-10)18-14-13-11(16)5-2-6-12(13)19-15(14)20/h2-9,14,18H,1H3,(H,19,20). The fourth-order valence-corrected chi connectivity index (χ4v) is 3.01. The van der Waals surface area contributed by atoms with Crippen LogP contribution in [0.25, 0.3) is 0 Å². The van der Waals surface area contributed by atoms with Crippen molar-refractivity contribution >= 4 is 27.5 Å². The van der Waals surface area contributed by atoms with Gasteiger partial charge in [0.15, 0.2) is 0 Å². The molecule has 1 aliphatic rings. The highest BCUT2D eigenvalue weighted by molar-refractivity contribution is 9.10. The van der Waals surface area contributed by atoms with Crippen LogP contribution in [0.2, 0.25) is 0 Å². The lowest BCUT2D eigenvalue weighted by Gasteiger charge is -2.19. The maximum absolute atomic E-state index is 12.1. The van der Waals surface area contributed by atoms with Crippen LogP contribution in [0.5, 0.6) is 0 Å². The molecular formula is C15H14BrN3O. The number of halogens is 1. The van der Waals surface area contributed by atoms with Crippen LogP contribution < -0.4 is 10.6 Å². The fraction of sp³-hybridized carbons (Fsp3) is 0.200. The van der Waals surface area contributed by atoms with Crippen LogP contribution in [-0.4, -0.2) is 10.9 Å². The van der Waals surface area contributed by atoms with Crippen molar-refractivity contribution in [3.63, 3.8) is 0 Å². The van der Waals surface area contributed by atoms with Gasteiger partial charge in [0.1, 0.15) is 6.04 Å². The summed E-state index contributed by atoms with van der Waals surface area (Å²) in [5.74, 6) is -0.0253. The summed E-state index contributed by atoms with van der Waals surface area (Å²) in [6.45, 7) is 2.03. The SMILES string of the molecule is CC(NC1C(=O)Nc2cccc(Br)c21)c1cccnc1. The number of nitrogens with one attached hydrogen (secondary N) is 2. The number of pyridine rings is 1. The first-order valence-corrected chi connectivity index (χ1v) is 7.21. The van der Waals surface area contributed by atoms with Crippen LogP contribution in [0.3, 0.4) is 0 Å². The molecule has 1 aliphatic heterocycles. The summed E-state index contributed by atoms with van der Waals surface area (Å²) in [4.78, 5) is 16.3. The molecule has 1 aromatic heterocycles. The predicted molar refractivity (Wildman–Crippen MR) is 81.3 cm³/mol. The average Bonchev–Trinajstić information content (AvgIpc) is 2.77. The molecule has 3 rings (SSSR count). The minimum Gasteiger partial charge on any atom is -0.324 e. The quantitative estimate of drug-likeness (QED) is 0.908. The maximum atomic E-state index is 12.1. The number of rotatable bonds is 3. The van der Waals surface area contributed by atoms with Gasteiger partial charge in [-0.3, -0.25) is 15.1 Å². The Morgan fingerprint density at radius 3 is 2.95 bits per heavy atom. The number of benzene rings is 1. The molecule has 2 heterocycles. The molecular weight excluding hydrogens is 318 g/mol. The molecule has 20 heavy (non-hydrogen) atoms. The lowest BCUT2D eigenvalue weighted by Crippen LogP contribution is -2.30. The number of anilines is 1.